The topological polar surface area (TPSA) is 56.5 Å². The number of aryl methyl sites for hydroxylation is 2. The lowest BCUT2D eigenvalue weighted by Gasteiger charge is -2.05. The molecule has 0 aliphatic rings. The van der Waals surface area contributed by atoms with Crippen molar-refractivity contribution in [3.63, 3.8) is 0 Å². The van der Waals surface area contributed by atoms with Crippen molar-refractivity contribution >= 4 is 11.7 Å². The monoisotopic (exact) mass is 281 g/mol. The molecule has 3 aromatic rings. The zero-order valence-corrected chi connectivity index (χ0v) is 11.9. The van der Waals surface area contributed by atoms with Crippen LogP contribution in [0.1, 0.15) is 27.3 Å². The third-order valence-electron chi connectivity index (χ3n) is 3.19. The van der Waals surface area contributed by atoms with Crippen LogP contribution >= 0.6 is 0 Å². The normalized spacial score (nSPS) is 10.8. The summed E-state index contributed by atoms with van der Waals surface area (Å²) in [5.74, 6) is 0.112. The maximum Gasteiger partial charge on any atom is 0.357 e. The lowest BCUT2D eigenvalue weighted by Crippen LogP contribution is -2.10. The van der Waals surface area contributed by atoms with E-state index in [2.05, 4.69) is 9.97 Å². The van der Waals surface area contributed by atoms with Gasteiger partial charge in [0.2, 0.25) is 5.78 Å². The van der Waals surface area contributed by atoms with Gasteiger partial charge in [0.1, 0.15) is 6.61 Å². The largest absolute Gasteiger partial charge is 0.456 e. The van der Waals surface area contributed by atoms with Crippen molar-refractivity contribution in [2.45, 2.75) is 20.5 Å². The minimum absolute atomic E-state index is 0.242. The molecule has 0 saturated heterocycles. The van der Waals surface area contributed by atoms with Crippen molar-refractivity contribution in [3.8, 4) is 0 Å². The second-order valence-corrected chi connectivity index (χ2v) is 4.91. The fourth-order valence-corrected chi connectivity index (χ4v) is 2.18. The van der Waals surface area contributed by atoms with Gasteiger partial charge in [0, 0.05) is 12.4 Å². The number of aromatic nitrogens is 3. The van der Waals surface area contributed by atoms with Crippen molar-refractivity contribution in [2.24, 2.45) is 0 Å². The van der Waals surface area contributed by atoms with Crippen LogP contribution in [-0.4, -0.2) is 20.3 Å². The number of rotatable bonds is 3. The molecule has 0 spiro atoms. The Morgan fingerprint density at radius 1 is 1.24 bits per heavy atom. The standard InChI is InChI=1S/C16H15N3O2/c1-11-8-17-16-18-12(2)14(19(16)9-11)15(20)21-10-13-6-4-3-5-7-13/h3-9H,10H2,1-2H3. The van der Waals surface area contributed by atoms with E-state index in [0.717, 1.165) is 11.1 Å². The lowest BCUT2D eigenvalue weighted by atomic mass is 10.2. The smallest absolute Gasteiger partial charge is 0.357 e. The van der Waals surface area contributed by atoms with Crippen LogP contribution in [0.2, 0.25) is 0 Å². The number of hydrogen-bond acceptors (Lipinski definition) is 4. The summed E-state index contributed by atoms with van der Waals surface area (Å²) < 4.78 is 7.05. The van der Waals surface area contributed by atoms with Crippen LogP contribution in [0.4, 0.5) is 0 Å². The van der Waals surface area contributed by atoms with E-state index in [4.69, 9.17) is 4.74 Å². The first-order chi connectivity index (χ1) is 10.1. The fourth-order valence-electron chi connectivity index (χ4n) is 2.18. The van der Waals surface area contributed by atoms with E-state index in [1.54, 1.807) is 17.5 Å². The molecule has 0 unspecified atom stereocenters. The van der Waals surface area contributed by atoms with Gasteiger partial charge in [-0.3, -0.25) is 4.40 Å². The fraction of sp³-hybridized carbons (Fsp3) is 0.188. The number of hydrogen-bond donors (Lipinski definition) is 0. The predicted molar refractivity (Wildman–Crippen MR) is 78.0 cm³/mol. The van der Waals surface area contributed by atoms with Crippen LogP contribution in [0, 0.1) is 13.8 Å². The van der Waals surface area contributed by atoms with Gasteiger partial charge in [0.15, 0.2) is 5.69 Å². The highest BCUT2D eigenvalue weighted by Gasteiger charge is 2.18. The number of benzene rings is 1. The molecule has 0 N–H and O–H groups in total. The van der Waals surface area contributed by atoms with Crippen LogP contribution in [0.3, 0.4) is 0 Å². The van der Waals surface area contributed by atoms with E-state index in [0.29, 0.717) is 17.2 Å². The Hall–Kier alpha value is -2.69. The van der Waals surface area contributed by atoms with Crippen molar-refractivity contribution in [3.05, 3.63) is 65.2 Å². The second kappa shape index (κ2) is 5.36. The Bertz CT molecular complexity index is 794. The first-order valence-corrected chi connectivity index (χ1v) is 6.67. The first-order valence-electron chi connectivity index (χ1n) is 6.67. The van der Waals surface area contributed by atoms with Crippen LogP contribution in [0.5, 0.6) is 0 Å². The minimum atomic E-state index is -0.392. The number of esters is 1. The molecule has 106 valence electrons. The third kappa shape index (κ3) is 2.63. The van der Waals surface area contributed by atoms with E-state index in [-0.39, 0.29) is 6.61 Å². The van der Waals surface area contributed by atoms with Gasteiger partial charge in [-0.05, 0) is 25.0 Å². The highest BCUT2D eigenvalue weighted by atomic mass is 16.5. The van der Waals surface area contributed by atoms with Gasteiger partial charge in [0.05, 0.1) is 5.69 Å². The third-order valence-corrected chi connectivity index (χ3v) is 3.19. The number of carbonyl (C=O) groups is 1. The average molecular weight is 281 g/mol. The molecule has 0 aliphatic carbocycles. The van der Waals surface area contributed by atoms with Crippen molar-refractivity contribution in [1.29, 1.82) is 0 Å². The Balaban J connectivity index is 1.87. The maximum absolute atomic E-state index is 12.3. The molecule has 0 aliphatic heterocycles. The summed E-state index contributed by atoms with van der Waals surface area (Å²) in [6.07, 6.45) is 3.56. The van der Waals surface area contributed by atoms with Crippen LogP contribution < -0.4 is 0 Å². The molecule has 0 saturated carbocycles. The molecule has 1 aromatic carbocycles. The summed E-state index contributed by atoms with van der Waals surface area (Å²) >= 11 is 0. The van der Waals surface area contributed by atoms with E-state index >= 15 is 0 Å². The van der Waals surface area contributed by atoms with E-state index in [1.807, 2.05) is 43.5 Å². The molecule has 0 atom stereocenters. The van der Waals surface area contributed by atoms with Crippen molar-refractivity contribution in [1.82, 2.24) is 14.4 Å². The molecule has 0 bridgehead atoms. The van der Waals surface area contributed by atoms with Gasteiger partial charge in [0.25, 0.3) is 0 Å². The maximum atomic E-state index is 12.3. The molecule has 0 fully saturated rings. The summed E-state index contributed by atoms with van der Waals surface area (Å²) in [5.41, 5.74) is 2.95. The molecule has 2 aromatic heterocycles. The van der Waals surface area contributed by atoms with Crippen LogP contribution in [-0.2, 0) is 11.3 Å². The molecular formula is C16H15N3O2. The van der Waals surface area contributed by atoms with Gasteiger partial charge in [-0.2, -0.15) is 0 Å². The molecule has 3 rings (SSSR count). The molecule has 5 heteroatoms. The average Bonchev–Trinajstić information content (AvgIpc) is 2.81. The predicted octanol–water partition coefficient (Wildman–Crippen LogP) is 2.70. The molecular weight excluding hydrogens is 266 g/mol. The Labute approximate surface area is 122 Å². The summed E-state index contributed by atoms with van der Waals surface area (Å²) in [7, 11) is 0. The zero-order chi connectivity index (χ0) is 14.8. The number of ether oxygens (including phenoxy) is 1. The van der Waals surface area contributed by atoms with Gasteiger partial charge < -0.3 is 4.74 Å². The Morgan fingerprint density at radius 3 is 2.76 bits per heavy atom. The SMILES string of the molecule is Cc1cnc2nc(C)c(C(=O)OCc3ccccc3)n2c1. The summed E-state index contributed by atoms with van der Waals surface area (Å²) in [4.78, 5) is 20.8. The minimum Gasteiger partial charge on any atom is -0.456 e. The zero-order valence-electron chi connectivity index (χ0n) is 11.9. The van der Waals surface area contributed by atoms with Crippen molar-refractivity contribution < 1.29 is 9.53 Å². The van der Waals surface area contributed by atoms with E-state index < -0.39 is 5.97 Å². The van der Waals surface area contributed by atoms with Gasteiger partial charge in [-0.15, -0.1) is 0 Å². The number of imidazole rings is 1. The first kappa shape index (κ1) is 13.3. The number of carbonyl (C=O) groups excluding carboxylic acids is 1. The molecule has 5 nitrogen and oxygen atoms in total. The molecule has 21 heavy (non-hydrogen) atoms. The number of fused-ring (bicyclic) bond motifs is 1. The Kier molecular flexibility index (Phi) is 3.39. The van der Waals surface area contributed by atoms with E-state index in [9.17, 15) is 4.79 Å². The quantitative estimate of drug-likeness (QED) is 0.693. The lowest BCUT2D eigenvalue weighted by molar-refractivity contribution is 0.0463. The molecule has 2 heterocycles. The highest BCUT2D eigenvalue weighted by molar-refractivity contribution is 5.89. The summed E-state index contributed by atoms with van der Waals surface area (Å²) in [6.45, 7) is 3.94. The van der Waals surface area contributed by atoms with Crippen LogP contribution in [0.15, 0.2) is 42.7 Å². The van der Waals surface area contributed by atoms with Gasteiger partial charge in [-0.25, -0.2) is 14.8 Å². The molecule has 0 amide bonds. The summed E-state index contributed by atoms with van der Waals surface area (Å²) in [6, 6.07) is 9.58. The highest BCUT2D eigenvalue weighted by Crippen LogP contribution is 2.13. The van der Waals surface area contributed by atoms with Crippen LogP contribution in [0.25, 0.3) is 5.78 Å². The molecule has 0 radical (unpaired) electrons. The van der Waals surface area contributed by atoms with Crippen molar-refractivity contribution in [2.75, 3.05) is 0 Å². The second-order valence-electron chi connectivity index (χ2n) is 4.91. The summed E-state index contributed by atoms with van der Waals surface area (Å²) in [5, 5.41) is 0. The van der Waals surface area contributed by atoms with E-state index in [1.165, 1.54) is 0 Å². The van der Waals surface area contributed by atoms with Gasteiger partial charge in [-0.1, -0.05) is 30.3 Å². The van der Waals surface area contributed by atoms with Gasteiger partial charge >= 0.3 is 5.97 Å². The number of nitrogens with zero attached hydrogens (tertiary/aromatic N) is 3. The Morgan fingerprint density at radius 2 is 2.00 bits per heavy atom.